The van der Waals surface area contributed by atoms with Gasteiger partial charge in [-0.05, 0) is 43.0 Å². The fraction of sp³-hybridized carbons (Fsp3) is 0.368. The van der Waals surface area contributed by atoms with Gasteiger partial charge in [-0.2, -0.15) is 5.26 Å². The van der Waals surface area contributed by atoms with E-state index in [2.05, 4.69) is 29.7 Å². The molecule has 1 heterocycles. The standard InChI is InChI=1S/C19H20N2OS/c20-11-1-2-12-22-17-8-3-5-15(13-17)9-10-19-21-18(14-23-19)16-6-4-7-16/h3,5,8-10,13-14,16H,1-2,4,6-7,12H2. The summed E-state index contributed by atoms with van der Waals surface area (Å²) in [5.74, 6) is 1.54. The summed E-state index contributed by atoms with van der Waals surface area (Å²) in [5, 5.41) is 11.8. The predicted molar refractivity (Wildman–Crippen MR) is 94.4 cm³/mol. The number of nitrogens with zero attached hydrogens (tertiary/aromatic N) is 2. The molecule has 0 bridgehead atoms. The summed E-state index contributed by atoms with van der Waals surface area (Å²) in [6, 6.07) is 10.1. The number of aromatic nitrogens is 1. The number of hydrogen-bond donors (Lipinski definition) is 0. The molecule has 2 aromatic rings. The molecule has 3 nitrogen and oxygen atoms in total. The Bertz CT molecular complexity index is 710. The van der Waals surface area contributed by atoms with Crippen molar-refractivity contribution in [2.45, 2.75) is 38.0 Å². The molecular formula is C19H20N2OS. The van der Waals surface area contributed by atoms with Crippen molar-refractivity contribution in [2.75, 3.05) is 6.61 Å². The van der Waals surface area contributed by atoms with E-state index in [1.807, 2.05) is 18.2 Å². The summed E-state index contributed by atoms with van der Waals surface area (Å²) in [4.78, 5) is 4.71. The molecule has 1 aliphatic rings. The predicted octanol–water partition coefficient (Wildman–Crippen LogP) is 5.26. The highest BCUT2D eigenvalue weighted by Crippen LogP contribution is 2.36. The van der Waals surface area contributed by atoms with Gasteiger partial charge < -0.3 is 4.74 Å². The first-order valence-electron chi connectivity index (χ1n) is 8.08. The average Bonchev–Trinajstić information content (AvgIpc) is 2.97. The normalized spacial score (nSPS) is 14.6. The van der Waals surface area contributed by atoms with Gasteiger partial charge in [-0.25, -0.2) is 4.98 Å². The molecule has 118 valence electrons. The second-order valence-corrected chi connectivity index (χ2v) is 6.64. The minimum absolute atomic E-state index is 0.535. The van der Waals surface area contributed by atoms with Gasteiger partial charge in [-0.3, -0.25) is 0 Å². The molecule has 23 heavy (non-hydrogen) atoms. The lowest BCUT2D eigenvalue weighted by molar-refractivity contribution is 0.312. The van der Waals surface area contributed by atoms with Crippen molar-refractivity contribution in [2.24, 2.45) is 0 Å². The highest BCUT2D eigenvalue weighted by atomic mass is 32.1. The molecule has 1 aliphatic carbocycles. The molecule has 0 radical (unpaired) electrons. The molecule has 3 rings (SSSR count). The number of benzene rings is 1. The fourth-order valence-corrected chi connectivity index (χ4v) is 3.28. The zero-order chi connectivity index (χ0) is 15.9. The zero-order valence-corrected chi connectivity index (χ0v) is 13.9. The molecule has 0 unspecified atom stereocenters. The van der Waals surface area contributed by atoms with E-state index in [9.17, 15) is 0 Å². The summed E-state index contributed by atoms with van der Waals surface area (Å²) < 4.78 is 5.66. The number of unbranched alkanes of at least 4 members (excludes halogenated alkanes) is 1. The van der Waals surface area contributed by atoms with E-state index in [1.165, 1.54) is 25.0 Å². The molecule has 1 saturated carbocycles. The quantitative estimate of drug-likeness (QED) is 0.652. The van der Waals surface area contributed by atoms with Crippen molar-refractivity contribution >= 4 is 23.5 Å². The molecule has 0 aliphatic heterocycles. The second-order valence-electron chi connectivity index (χ2n) is 5.75. The number of rotatable bonds is 7. The van der Waals surface area contributed by atoms with Crippen molar-refractivity contribution in [3.8, 4) is 11.8 Å². The summed E-state index contributed by atoms with van der Waals surface area (Å²) in [5.41, 5.74) is 2.36. The Morgan fingerprint density at radius 3 is 3.04 bits per heavy atom. The van der Waals surface area contributed by atoms with Gasteiger partial charge >= 0.3 is 0 Å². The van der Waals surface area contributed by atoms with E-state index in [0.717, 1.165) is 22.7 Å². The van der Waals surface area contributed by atoms with Gasteiger partial charge in [0.15, 0.2) is 0 Å². The molecule has 0 saturated heterocycles. The molecule has 4 heteroatoms. The molecule has 0 amide bonds. The van der Waals surface area contributed by atoms with Crippen molar-refractivity contribution in [3.63, 3.8) is 0 Å². The number of thiazole rings is 1. The van der Waals surface area contributed by atoms with Gasteiger partial charge in [-0.1, -0.05) is 24.6 Å². The van der Waals surface area contributed by atoms with E-state index in [-0.39, 0.29) is 0 Å². The zero-order valence-electron chi connectivity index (χ0n) is 13.1. The second kappa shape index (κ2) is 7.94. The monoisotopic (exact) mass is 324 g/mol. The third-order valence-electron chi connectivity index (χ3n) is 4.04. The van der Waals surface area contributed by atoms with Crippen LogP contribution in [0, 0.1) is 11.3 Å². The Hall–Kier alpha value is -2.12. The highest BCUT2D eigenvalue weighted by Gasteiger charge is 2.21. The van der Waals surface area contributed by atoms with Gasteiger partial charge in [0.25, 0.3) is 0 Å². The number of hydrogen-bond acceptors (Lipinski definition) is 4. The highest BCUT2D eigenvalue weighted by molar-refractivity contribution is 7.10. The summed E-state index contributed by atoms with van der Waals surface area (Å²) in [7, 11) is 0. The van der Waals surface area contributed by atoms with Crippen LogP contribution in [0.25, 0.3) is 12.2 Å². The van der Waals surface area contributed by atoms with Crippen LogP contribution in [0.15, 0.2) is 29.6 Å². The molecule has 1 aromatic carbocycles. The van der Waals surface area contributed by atoms with E-state index in [0.29, 0.717) is 18.9 Å². The van der Waals surface area contributed by atoms with Gasteiger partial charge in [0.1, 0.15) is 10.8 Å². The van der Waals surface area contributed by atoms with Crippen LogP contribution in [-0.4, -0.2) is 11.6 Å². The van der Waals surface area contributed by atoms with Crippen molar-refractivity contribution in [1.82, 2.24) is 4.98 Å². The SMILES string of the molecule is N#CCCCOc1cccc(C=Cc2nc(C3CCC3)cs2)c1. The summed E-state index contributed by atoms with van der Waals surface area (Å²) in [6.07, 6.45) is 9.37. The van der Waals surface area contributed by atoms with Crippen LogP contribution < -0.4 is 4.74 Å². The molecule has 0 atom stereocenters. The van der Waals surface area contributed by atoms with Crippen LogP contribution in [-0.2, 0) is 0 Å². The van der Waals surface area contributed by atoms with Gasteiger partial charge in [-0.15, -0.1) is 11.3 Å². The third kappa shape index (κ3) is 4.43. The van der Waals surface area contributed by atoms with E-state index in [1.54, 1.807) is 11.3 Å². The Kier molecular flexibility index (Phi) is 5.44. The van der Waals surface area contributed by atoms with Crippen LogP contribution in [0.2, 0.25) is 0 Å². The van der Waals surface area contributed by atoms with Crippen molar-refractivity contribution in [1.29, 1.82) is 5.26 Å². The Morgan fingerprint density at radius 1 is 1.35 bits per heavy atom. The van der Waals surface area contributed by atoms with E-state index < -0.39 is 0 Å². The van der Waals surface area contributed by atoms with Crippen LogP contribution in [0.3, 0.4) is 0 Å². The Morgan fingerprint density at radius 2 is 2.26 bits per heavy atom. The lowest BCUT2D eigenvalue weighted by atomic mass is 9.83. The molecule has 0 spiro atoms. The Labute approximate surface area is 141 Å². The van der Waals surface area contributed by atoms with Crippen LogP contribution in [0.4, 0.5) is 0 Å². The Balaban J connectivity index is 1.58. The lowest BCUT2D eigenvalue weighted by Gasteiger charge is -2.22. The maximum absolute atomic E-state index is 8.52. The van der Waals surface area contributed by atoms with Gasteiger partial charge in [0, 0.05) is 17.7 Å². The third-order valence-corrected chi connectivity index (χ3v) is 4.87. The van der Waals surface area contributed by atoms with Crippen LogP contribution in [0.1, 0.15) is 54.3 Å². The fourth-order valence-electron chi connectivity index (χ4n) is 2.49. The number of nitriles is 1. The molecular weight excluding hydrogens is 304 g/mol. The first-order valence-corrected chi connectivity index (χ1v) is 8.96. The van der Waals surface area contributed by atoms with Gasteiger partial charge in [0.05, 0.1) is 18.4 Å². The first-order chi connectivity index (χ1) is 11.3. The van der Waals surface area contributed by atoms with Crippen LogP contribution >= 0.6 is 11.3 Å². The minimum Gasteiger partial charge on any atom is -0.494 e. The summed E-state index contributed by atoms with van der Waals surface area (Å²) in [6.45, 7) is 0.581. The molecule has 1 aromatic heterocycles. The lowest BCUT2D eigenvalue weighted by Crippen LogP contribution is -2.08. The van der Waals surface area contributed by atoms with E-state index >= 15 is 0 Å². The summed E-state index contributed by atoms with van der Waals surface area (Å²) >= 11 is 1.71. The average molecular weight is 324 g/mol. The van der Waals surface area contributed by atoms with Crippen molar-refractivity contribution in [3.05, 3.63) is 45.9 Å². The smallest absolute Gasteiger partial charge is 0.119 e. The largest absolute Gasteiger partial charge is 0.494 e. The molecule has 0 N–H and O–H groups in total. The maximum atomic E-state index is 8.52. The van der Waals surface area contributed by atoms with Crippen LogP contribution in [0.5, 0.6) is 5.75 Å². The number of ether oxygens (including phenoxy) is 1. The first kappa shape index (κ1) is 15.8. The molecule has 1 fully saturated rings. The van der Waals surface area contributed by atoms with E-state index in [4.69, 9.17) is 15.0 Å². The minimum atomic E-state index is 0.535. The maximum Gasteiger partial charge on any atom is 0.119 e. The van der Waals surface area contributed by atoms with Crippen molar-refractivity contribution < 1.29 is 4.74 Å². The topological polar surface area (TPSA) is 45.9 Å². The van der Waals surface area contributed by atoms with Gasteiger partial charge in [0.2, 0.25) is 0 Å².